The molecule has 0 fully saturated rings. The van der Waals surface area contributed by atoms with Crippen molar-refractivity contribution in [3.63, 3.8) is 0 Å². The fourth-order valence-corrected chi connectivity index (χ4v) is 1.74. The van der Waals surface area contributed by atoms with Crippen molar-refractivity contribution in [2.24, 2.45) is 0 Å². The zero-order valence-electron chi connectivity index (χ0n) is 8.90. The molecule has 0 aliphatic carbocycles. The predicted octanol–water partition coefficient (Wildman–Crippen LogP) is 2.57. The first-order valence-corrected chi connectivity index (χ1v) is 5.39. The van der Waals surface area contributed by atoms with Gasteiger partial charge in [0.25, 0.3) is 0 Å². The molecule has 0 amide bonds. The number of hydrogen-bond acceptors (Lipinski definition) is 3. The van der Waals surface area contributed by atoms with Crippen LogP contribution in [0, 0.1) is 6.92 Å². The highest BCUT2D eigenvalue weighted by Gasteiger charge is 2.07. The average Bonchev–Trinajstić information content (AvgIpc) is 2.31. The molecule has 0 radical (unpaired) electrons. The molecule has 0 spiro atoms. The quantitative estimate of drug-likeness (QED) is 0.892. The van der Waals surface area contributed by atoms with Crippen molar-refractivity contribution in [1.29, 1.82) is 0 Å². The minimum atomic E-state index is -0.00358. The van der Waals surface area contributed by atoms with Gasteiger partial charge in [0.2, 0.25) is 0 Å². The molecule has 1 heterocycles. The van der Waals surface area contributed by atoms with Gasteiger partial charge in [-0.3, -0.25) is 4.98 Å². The molecule has 0 bridgehead atoms. The number of aryl methyl sites for hydroxylation is 1. The van der Waals surface area contributed by atoms with E-state index in [2.05, 4.69) is 4.98 Å². The van der Waals surface area contributed by atoms with Crippen LogP contribution in [0.1, 0.15) is 5.56 Å². The normalized spacial score (nSPS) is 10.7. The molecule has 0 unspecified atom stereocenters. The van der Waals surface area contributed by atoms with Gasteiger partial charge < -0.3 is 9.84 Å². The number of hydrogen-bond donors (Lipinski definition) is 1. The molecule has 16 heavy (non-hydrogen) atoms. The fourth-order valence-electron chi connectivity index (χ4n) is 1.59. The lowest BCUT2D eigenvalue weighted by Gasteiger charge is -2.09. The Morgan fingerprint density at radius 2 is 2.19 bits per heavy atom. The summed E-state index contributed by atoms with van der Waals surface area (Å²) in [4.78, 5) is 4.28. The Morgan fingerprint density at radius 1 is 1.38 bits per heavy atom. The summed E-state index contributed by atoms with van der Waals surface area (Å²) in [6.07, 6.45) is 1.68. The molecule has 4 heteroatoms. The Labute approximate surface area is 98.6 Å². The van der Waals surface area contributed by atoms with Gasteiger partial charge in [0.15, 0.2) is 0 Å². The monoisotopic (exact) mass is 237 g/mol. The van der Waals surface area contributed by atoms with Gasteiger partial charge in [-0.05, 0) is 30.7 Å². The molecule has 0 aliphatic heterocycles. The average molecular weight is 238 g/mol. The van der Waals surface area contributed by atoms with E-state index in [-0.39, 0.29) is 13.2 Å². The Balaban J connectivity index is 2.56. The van der Waals surface area contributed by atoms with Crippen molar-refractivity contribution in [2.45, 2.75) is 6.92 Å². The van der Waals surface area contributed by atoms with Crippen molar-refractivity contribution in [1.82, 2.24) is 4.98 Å². The van der Waals surface area contributed by atoms with Crippen LogP contribution < -0.4 is 4.74 Å². The number of fused-ring (bicyclic) bond motifs is 1. The van der Waals surface area contributed by atoms with Crippen molar-refractivity contribution in [3.8, 4) is 5.75 Å². The molecule has 1 aromatic heterocycles. The summed E-state index contributed by atoms with van der Waals surface area (Å²) in [7, 11) is 0. The van der Waals surface area contributed by atoms with Crippen LogP contribution in [0.5, 0.6) is 5.75 Å². The Hall–Kier alpha value is -1.32. The summed E-state index contributed by atoms with van der Waals surface area (Å²) in [6, 6.07) is 5.49. The molecular weight excluding hydrogens is 226 g/mol. The van der Waals surface area contributed by atoms with Crippen molar-refractivity contribution in [3.05, 3.63) is 35.0 Å². The predicted molar refractivity (Wildman–Crippen MR) is 64.1 cm³/mol. The number of ether oxygens (including phenoxy) is 1. The SMILES string of the molecule is Cc1c(Cl)ccc2c(OCCO)ccnc12. The lowest BCUT2D eigenvalue weighted by Crippen LogP contribution is -2.02. The number of rotatable bonds is 3. The highest BCUT2D eigenvalue weighted by molar-refractivity contribution is 6.32. The van der Waals surface area contributed by atoms with E-state index in [9.17, 15) is 0 Å². The van der Waals surface area contributed by atoms with Gasteiger partial charge in [0, 0.05) is 16.6 Å². The lowest BCUT2D eigenvalue weighted by atomic mass is 10.1. The van der Waals surface area contributed by atoms with Crippen molar-refractivity contribution in [2.75, 3.05) is 13.2 Å². The molecule has 1 N–H and O–H groups in total. The van der Waals surface area contributed by atoms with E-state index in [0.717, 1.165) is 22.2 Å². The maximum absolute atomic E-state index is 8.74. The summed E-state index contributed by atoms with van der Waals surface area (Å²) >= 11 is 6.02. The number of aromatic nitrogens is 1. The van der Waals surface area contributed by atoms with Gasteiger partial charge in [-0.25, -0.2) is 0 Å². The Bertz CT molecular complexity index is 514. The molecule has 2 aromatic rings. The van der Waals surface area contributed by atoms with E-state index in [4.69, 9.17) is 21.4 Å². The smallest absolute Gasteiger partial charge is 0.130 e. The second-order valence-electron chi connectivity index (χ2n) is 3.45. The standard InChI is InChI=1S/C12H12ClNO2/c1-8-10(13)3-2-9-11(16-7-6-15)4-5-14-12(8)9/h2-5,15H,6-7H2,1H3. The molecule has 0 aliphatic rings. The molecule has 2 rings (SSSR count). The second-order valence-corrected chi connectivity index (χ2v) is 3.86. The van der Waals surface area contributed by atoms with Crippen molar-refractivity contribution < 1.29 is 9.84 Å². The first kappa shape index (κ1) is 11.2. The number of aliphatic hydroxyl groups is 1. The third kappa shape index (κ3) is 1.96. The zero-order valence-corrected chi connectivity index (χ0v) is 9.66. The van der Waals surface area contributed by atoms with Crippen LogP contribution in [0.2, 0.25) is 5.02 Å². The minimum absolute atomic E-state index is 0.00358. The number of benzene rings is 1. The fraction of sp³-hybridized carbons (Fsp3) is 0.250. The van der Waals surface area contributed by atoms with E-state index in [1.807, 2.05) is 19.1 Å². The molecular formula is C12H12ClNO2. The molecule has 0 saturated heterocycles. The summed E-state index contributed by atoms with van der Waals surface area (Å²) in [5.41, 5.74) is 1.77. The Kier molecular flexibility index (Phi) is 3.27. The molecule has 3 nitrogen and oxygen atoms in total. The first-order valence-electron chi connectivity index (χ1n) is 5.01. The topological polar surface area (TPSA) is 42.4 Å². The second kappa shape index (κ2) is 4.68. The van der Waals surface area contributed by atoms with E-state index in [1.54, 1.807) is 12.3 Å². The van der Waals surface area contributed by atoms with Crippen LogP contribution in [0.25, 0.3) is 10.9 Å². The van der Waals surface area contributed by atoms with Gasteiger partial charge in [0.05, 0.1) is 12.1 Å². The van der Waals surface area contributed by atoms with Crippen LogP contribution in [-0.4, -0.2) is 23.3 Å². The van der Waals surface area contributed by atoms with Crippen LogP contribution in [0.15, 0.2) is 24.4 Å². The van der Waals surface area contributed by atoms with E-state index in [0.29, 0.717) is 5.02 Å². The van der Waals surface area contributed by atoms with Gasteiger partial charge in [-0.2, -0.15) is 0 Å². The van der Waals surface area contributed by atoms with Gasteiger partial charge in [-0.1, -0.05) is 11.6 Å². The third-order valence-corrected chi connectivity index (χ3v) is 2.82. The first-order chi connectivity index (χ1) is 7.74. The van der Waals surface area contributed by atoms with Crippen LogP contribution in [-0.2, 0) is 0 Å². The minimum Gasteiger partial charge on any atom is -0.490 e. The maximum Gasteiger partial charge on any atom is 0.130 e. The van der Waals surface area contributed by atoms with Crippen molar-refractivity contribution >= 4 is 22.5 Å². The van der Waals surface area contributed by atoms with E-state index < -0.39 is 0 Å². The largest absolute Gasteiger partial charge is 0.490 e. The zero-order chi connectivity index (χ0) is 11.5. The number of aliphatic hydroxyl groups excluding tert-OH is 1. The van der Waals surface area contributed by atoms with E-state index >= 15 is 0 Å². The maximum atomic E-state index is 8.74. The highest BCUT2D eigenvalue weighted by atomic mass is 35.5. The summed E-state index contributed by atoms with van der Waals surface area (Å²) in [5.74, 6) is 0.721. The van der Waals surface area contributed by atoms with Crippen LogP contribution in [0.4, 0.5) is 0 Å². The van der Waals surface area contributed by atoms with Gasteiger partial charge in [0.1, 0.15) is 12.4 Å². The summed E-state index contributed by atoms with van der Waals surface area (Å²) < 4.78 is 5.43. The molecule has 84 valence electrons. The van der Waals surface area contributed by atoms with E-state index in [1.165, 1.54) is 0 Å². The van der Waals surface area contributed by atoms with Gasteiger partial charge >= 0.3 is 0 Å². The molecule has 0 atom stereocenters. The van der Waals surface area contributed by atoms with Crippen LogP contribution in [0.3, 0.4) is 0 Å². The number of pyridine rings is 1. The lowest BCUT2D eigenvalue weighted by molar-refractivity contribution is 0.203. The highest BCUT2D eigenvalue weighted by Crippen LogP contribution is 2.29. The molecule has 0 saturated carbocycles. The third-order valence-electron chi connectivity index (χ3n) is 2.41. The Morgan fingerprint density at radius 3 is 2.94 bits per heavy atom. The summed E-state index contributed by atoms with van der Waals surface area (Å²) in [5, 5.41) is 10.3. The summed E-state index contributed by atoms with van der Waals surface area (Å²) in [6.45, 7) is 2.20. The van der Waals surface area contributed by atoms with Gasteiger partial charge in [-0.15, -0.1) is 0 Å². The number of nitrogens with zero attached hydrogens (tertiary/aromatic N) is 1. The van der Waals surface area contributed by atoms with Crippen LogP contribution >= 0.6 is 11.6 Å². The molecule has 1 aromatic carbocycles. The number of halogens is 1.